The second-order valence-electron chi connectivity index (χ2n) is 7.00. The third-order valence-corrected chi connectivity index (χ3v) is 6.40. The van der Waals surface area contributed by atoms with Gasteiger partial charge in [-0.05, 0) is 73.6 Å². The van der Waals surface area contributed by atoms with Gasteiger partial charge in [-0.25, -0.2) is 0 Å². The Bertz CT molecular complexity index is 374. The minimum absolute atomic E-state index is 0.344. The normalized spacial score (nSPS) is 34.9. The van der Waals surface area contributed by atoms with Gasteiger partial charge in [0.25, 0.3) is 0 Å². The first-order valence-electron chi connectivity index (χ1n) is 8.77. The van der Waals surface area contributed by atoms with E-state index in [1.807, 2.05) is 13.8 Å². The minimum atomic E-state index is 0.344. The molecule has 0 saturated heterocycles. The highest BCUT2D eigenvalue weighted by Gasteiger charge is 2.50. The van der Waals surface area contributed by atoms with Crippen LogP contribution in [0.15, 0.2) is 10.6 Å². The van der Waals surface area contributed by atoms with Crippen molar-refractivity contribution in [2.75, 3.05) is 0 Å². The van der Waals surface area contributed by atoms with E-state index in [9.17, 15) is 4.79 Å². The summed E-state index contributed by atoms with van der Waals surface area (Å²) in [6.45, 7) is 10.6. The maximum atomic E-state index is 11.2. The summed E-state index contributed by atoms with van der Waals surface area (Å²) in [5.41, 5.74) is 2.11. The van der Waals surface area contributed by atoms with Crippen LogP contribution in [0.4, 0.5) is 0 Å². The van der Waals surface area contributed by atoms with Gasteiger partial charge >= 0.3 is 0 Å². The predicted molar refractivity (Wildman–Crippen MR) is 95.6 cm³/mol. The first-order chi connectivity index (χ1) is 9.99. The van der Waals surface area contributed by atoms with Crippen molar-refractivity contribution in [3.05, 3.63) is 10.6 Å². The largest absolute Gasteiger partial charge is 0.300 e. The van der Waals surface area contributed by atoms with Gasteiger partial charge in [-0.15, -0.1) is 0 Å². The zero-order valence-electron chi connectivity index (χ0n) is 14.5. The van der Waals surface area contributed by atoms with E-state index in [2.05, 4.69) is 34.8 Å². The predicted octanol–water partition coefficient (Wildman–Crippen LogP) is 6.51. The Morgan fingerprint density at radius 1 is 1.43 bits per heavy atom. The molecule has 2 fully saturated rings. The third kappa shape index (κ3) is 4.21. The number of rotatable bonds is 4. The van der Waals surface area contributed by atoms with Crippen molar-refractivity contribution in [1.82, 2.24) is 0 Å². The second-order valence-corrected chi connectivity index (χ2v) is 7.46. The summed E-state index contributed by atoms with van der Waals surface area (Å²) in [6.07, 6.45) is 8.53. The monoisotopic (exact) mass is 356 g/mol. The molecule has 2 aliphatic rings. The van der Waals surface area contributed by atoms with Gasteiger partial charge in [-0.2, -0.15) is 0 Å². The fraction of sp³-hybridized carbons (Fsp3) is 0.842. The molecule has 122 valence electrons. The number of fused-ring (bicyclic) bond motifs is 1. The smallest absolute Gasteiger partial charge is 0.129 e. The number of hydrogen-bond donors (Lipinski definition) is 0. The number of carbonyl (C=O) groups is 1. The topological polar surface area (TPSA) is 17.1 Å². The molecule has 0 amide bonds. The van der Waals surface area contributed by atoms with Gasteiger partial charge in [0, 0.05) is 6.42 Å². The molecule has 2 aliphatic carbocycles. The standard InChI is InChI=1S/C17H27BrO.C2H6/c1-12(6-7-13(2)19)15-8-9-16-14(11-18)5-4-10-17(15,16)3;1-2/h11-12,15-16H,4-10H2,1-3H3;1-2H3/b14-11+;. The van der Waals surface area contributed by atoms with Crippen molar-refractivity contribution >= 4 is 21.7 Å². The van der Waals surface area contributed by atoms with E-state index in [-0.39, 0.29) is 0 Å². The molecule has 2 heteroatoms. The highest BCUT2D eigenvalue weighted by Crippen LogP contribution is 2.59. The van der Waals surface area contributed by atoms with Gasteiger partial charge in [0.2, 0.25) is 0 Å². The second kappa shape index (κ2) is 8.50. The van der Waals surface area contributed by atoms with Crippen molar-refractivity contribution in [2.24, 2.45) is 23.2 Å². The number of hydrogen-bond acceptors (Lipinski definition) is 1. The molecule has 0 aromatic rings. The Balaban J connectivity index is 0.00000106. The molecular weight excluding hydrogens is 324 g/mol. The Labute approximate surface area is 140 Å². The summed E-state index contributed by atoms with van der Waals surface area (Å²) in [4.78, 5) is 13.4. The summed E-state index contributed by atoms with van der Waals surface area (Å²) in [7, 11) is 0. The summed E-state index contributed by atoms with van der Waals surface area (Å²) in [6, 6.07) is 0. The summed E-state index contributed by atoms with van der Waals surface area (Å²) < 4.78 is 0. The van der Waals surface area contributed by atoms with Crippen LogP contribution in [0.2, 0.25) is 0 Å². The molecule has 1 nitrogen and oxygen atoms in total. The Hall–Kier alpha value is -0.110. The van der Waals surface area contributed by atoms with Gasteiger partial charge in [-0.3, -0.25) is 0 Å². The molecule has 0 N–H and O–H groups in total. The molecule has 0 heterocycles. The molecule has 4 unspecified atom stereocenters. The fourth-order valence-corrected chi connectivity index (χ4v) is 5.33. The van der Waals surface area contributed by atoms with Crippen LogP contribution in [0, 0.1) is 23.2 Å². The van der Waals surface area contributed by atoms with E-state index in [0.717, 1.165) is 24.7 Å². The van der Waals surface area contributed by atoms with E-state index >= 15 is 0 Å². The Morgan fingerprint density at radius 3 is 2.67 bits per heavy atom. The van der Waals surface area contributed by atoms with Crippen molar-refractivity contribution in [3.8, 4) is 0 Å². The van der Waals surface area contributed by atoms with E-state index in [1.165, 1.54) is 32.1 Å². The summed E-state index contributed by atoms with van der Waals surface area (Å²) >= 11 is 3.57. The molecule has 0 radical (unpaired) electrons. The van der Waals surface area contributed by atoms with E-state index < -0.39 is 0 Å². The lowest BCUT2D eigenvalue weighted by Gasteiger charge is -2.44. The van der Waals surface area contributed by atoms with Crippen LogP contribution in [-0.2, 0) is 4.79 Å². The highest BCUT2D eigenvalue weighted by atomic mass is 79.9. The lowest BCUT2D eigenvalue weighted by Crippen LogP contribution is -2.36. The van der Waals surface area contributed by atoms with Gasteiger partial charge < -0.3 is 4.79 Å². The van der Waals surface area contributed by atoms with Gasteiger partial charge in [0.1, 0.15) is 5.78 Å². The van der Waals surface area contributed by atoms with Crippen LogP contribution in [0.5, 0.6) is 0 Å². The van der Waals surface area contributed by atoms with E-state index in [0.29, 0.717) is 17.1 Å². The molecule has 2 rings (SSSR count). The average Bonchev–Trinajstić information content (AvgIpc) is 2.83. The van der Waals surface area contributed by atoms with E-state index in [4.69, 9.17) is 0 Å². The zero-order chi connectivity index (χ0) is 16.0. The van der Waals surface area contributed by atoms with E-state index in [1.54, 1.807) is 12.5 Å². The number of halogens is 1. The van der Waals surface area contributed by atoms with Gasteiger partial charge in [-0.1, -0.05) is 49.2 Å². The maximum Gasteiger partial charge on any atom is 0.129 e. The molecule has 2 saturated carbocycles. The molecule has 0 aromatic heterocycles. The minimum Gasteiger partial charge on any atom is -0.300 e. The average molecular weight is 357 g/mol. The number of allylic oxidation sites excluding steroid dienone is 1. The molecule has 21 heavy (non-hydrogen) atoms. The van der Waals surface area contributed by atoms with Crippen molar-refractivity contribution < 1.29 is 4.79 Å². The van der Waals surface area contributed by atoms with Crippen LogP contribution in [0.25, 0.3) is 0 Å². The van der Waals surface area contributed by atoms with Crippen LogP contribution >= 0.6 is 15.9 Å². The van der Waals surface area contributed by atoms with Crippen LogP contribution < -0.4 is 0 Å². The molecule has 0 bridgehead atoms. The number of Topliss-reactive ketones (excluding diaryl/α,β-unsaturated/α-hetero) is 1. The van der Waals surface area contributed by atoms with Crippen LogP contribution in [0.3, 0.4) is 0 Å². The summed E-state index contributed by atoms with van der Waals surface area (Å²) in [5.74, 6) is 2.62. The first kappa shape index (κ1) is 18.9. The fourth-order valence-electron chi connectivity index (χ4n) is 4.78. The van der Waals surface area contributed by atoms with Crippen molar-refractivity contribution in [3.63, 3.8) is 0 Å². The maximum absolute atomic E-state index is 11.2. The van der Waals surface area contributed by atoms with Gasteiger partial charge in [0.15, 0.2) is 0 Å². The SMILES string of the molecule is CC.CC(=O)CCC(C)C1CCC2/C(=C/Br)CCCC21C. The molecule has 0 spiro atoms. The van der Waals surface area contributed by atoms with Crippen LogP contribution in [0.1, 0.15) is 79.6 Å². The van der Waals surface area contributed by atoms with Crippen molar-refractivity contribution in [1.29, 1.82) is 0 Å². The summed E-state index contributed by atoms with van der Waals surface area (Å²) in [5, 5.41) is 0. The lowest BCUT2D eigenvalue weighted by atomic mass is 9.61. The molecule has 0 aliphatic heterocycles. The van der Waals surface area contributed by atoms with Crippen LogP contribution in [-0.4, -0.2) is 5.78 Å². The molecule has 4 atom stereocenters. The highest BCUT2D eigenvalue weighted by molar-refractivity contribution is 9.11. The zero-order valence-corrected chi connectivity index (χ0v) is 16.1. The van der Waals surface area contributed by atoms with Gasteiger partial charge in [0.05, 0.1) is 0 Å². The quantitative estimate of drug-likeness (QED) is 0.560. The molecule has 0 aromatic carbocycles. The Morgan fingerprint density at radius 2 is 2.10 bits per heavy atom. The third-order valence-electron chi connectivity index (χ3n) is 5.82. The van der Waals surface area contributed by atoms with Crippen molar-refractivity contribution in [2.45, 2.75) is 79.6 Å². The molecular formula is C19H33BrO. The first-order valence-corrected chi connectivity index (χ1v) is 9.69. The number of carbonyl (C=O) groups excluding carboxylic acids is 1. The lowest BCUT2D eigenvalue weighted by molar-refractivity contribution is -0.117. The Kier molecular flexibility index (Phi) is 7.67. The number of ketones is 1.